The molecule has 0 aliphatic heterocycles. The van der Waals surface area contributed by atoms with Gasteiger partial charge >= 0.3 is 0 Å². The van der Waals surface area contributed by atoms with Crippen LogP contribution in [-0.2, 0) is 11.2 Å². The van der Waals surface area contributed by atoms with Crippen LogP contribution < -0.4 is 15.6 Å². The maximum absolute atomic E-state index is 12.9. The highest BCUT2D eigenvalue weighted by Crippen LogP contribution is 2.60. The van der Waals surface area contributed by atoms with Crippen molar-refractivity contribution in [2.75, 3.05) is 7.11 Å². The second kappa shape index (κ2) is 4.28. The Bertz CT molecular complexity index is 642. The van der Waals surface area contributed by atoms with Crippen LogP contribution in [0.4, 0.5) is 0 Å². The van der Waals surface area contributed by atoms with Gasteiger partial charge in [0, 0.05) is 11.8 Å². The smallest absolute Gasteiger partial charge is 0.268 e. The first kappa shape index (κ1) is 13.2. The Morgan fingerprint density at radius 3 is 2.05 bits per heavy atom. The third kappa shape index (κ3) is 1.77. The Hall–Kier alpha value is -1.45. The van der Waals surface area contributed by atoms with Crippen molar-refractivity contribution >= 4 is 5.78 Å². The molecule has 0 heterocycles. The molecule has 0 N–H and O–H groups in total. The zero-order valence-electron chi connectivity index (χ0n) is 12.3. The van der Waals surface area contributed by atoms with Crippen molar-refractivity contribution in [1.82, 2.24) is 0 Å². The lowest BCUT2D eigenvalue weighted by Crippen LogP contribution is -2.51. The Labute approximate surface area is 123 Å². The maximum Gasteiger partial charge on any atom is 0.268 e. The van der Waals surface area contributed by atoms with Crippen LogP contribution in [0.2, 0.25) is 0 Å². The van der Waals surface area contributed by atoms with Gasteiger partial charge in [-0.15, -0.1) is 0 Å². The number of ether oxygens (including phenoxy) is 1. The molecule has 1 aromatic carbocycles. The molecule has 0 unspecified atom stereocenters. The molecule has 0 amide bonds. The van der Waals surface area contributed by atoms with Crippen molar-refractivity contribution in [2.45, 2.75) is 44.9 Å². The van der Waals surface area contributed by atoms with E-state index < -0.39 is 10.9 Å². The summed E-state index contributed by atoms with van der Waals surface area (Å²) in [7, 11) is 1.38. The van der Waals surface area contributed by atoms with Gasteiger partial charge in [0.1, 0.15) is 5.78 Å². The molecule has 4 aliphatic carbocycles. The van der Waals surface area contributed by atoms with Crippen molar-refractivity contribution in [3.8, 4) is 5.75 Å². The van der Waals surface area contributed by atoms with E-state index in [1.54, 1.807) is 0 Å². The fourth-order valence-corrected chi connectivity index (χ4v) is 5.59. The summed E-state index contributed by atoms with van der Waals surface area (Å²) < 4.78 is 4.96. The van der Waals surface area contributed by atoms with E-state index >= 15 is 0 Å². The number of hydrogen-bond acceptors (Lipinski definition) is 4. The summed E-state index contributed by atoms with van der Waals surface area (Å²) in [5, 5.41) is 0. The number of carbonyl (C=O) groups excluding carboxylic acids is 1. The van der Waals surface area contributed by atoms with Crippen molar-refractivity contribution in [1.29, 1.82) is 0 Å². The summed E-state index contributed by atoms with van der Waals surface area (Å²) in [5.41, 5.74) is -1.00. The molecule has 4 heteroatoms. The standard InChI is InChI=1S/C17H20O4/c1-21-16-12(14(19)15(16)20)5-13(18)17-6-9-2-10(7-17)4-11(3-9)8-17/h9-11H,2-8H2,1H3. The SMILES string of the molecule is COc1c(CC(=O)C23CC4CC(CC(C4)C2)C3)c(=O)c1=O. The molecule has 21 heavy (non-hydrogen) atoms. The van der Waals surface area contributed by atoms with Crippen molar-refractivity contribution < 1.29 is 9.53 Å². The van der Waals surface area contributed by atoms with Gasteiger partial charge < -0.3 is 4.74 Å². The van der Waals surface area contributed by atoms with E-state index in [0.29, 0.717) is 23.3 Å². The predicted octanol–water partition coefficient (Wildman–Crippen LogP) is 1.62. The molecule has 4 nitrogen and oxygen atoms in total. The monoisotopic (exact) mass is 288 g/mol. The highest BCUT2D eigenvalue weighted by molar-refractivity contribution is 5.88. The molecular formula is C17H20O4. The molecule has 4 fully saturated rings. The van der Waals surface area contributed by atoms with Crippen LogP contribution in [0.15, 0.2) is 9.59 Å². The Kier molecular flexibility index (Phi) is 2.69. The van der Waals surface area contributed by atoms with Gasteiger partial charge in [-0.05, 0) is 56.3 Å². The quantitative estimate of drug-likeness (QED) is 0.790. The minimum Gasteiger partial charge on any atom is -0.492 e. The number of rotatable bonds is 4. The molecule has 0 spiro atoms. The van der Waals surface area contributed by atoms with Crippen LogP contribution in [0.3, 0.4) is 0 Å². The molecule has 5 rings (SSSR count). The molecule has 4 bridgehead atoms. The molecule has 0 radical (unpaired) electrons. The van der Waals surface area contributed by atoms with Gasteiger partial charge in [-0.25, -0.2) is 0 Å². The van der Waals surface area contributed by atoms with E-state index in [0.717, 1.165) is 19.3 Å². The van der Waals surface area contributed by atoms with Crippen LogP contribution in [0, 0.1) is 23.2 Å². The van der Waals surface area contributed by atoms with Gasteiger partial charge in [-0.1, -0.05) is 0 Å². The molecule has 0 saturated heterocycles. The summed E-state index contributed by atoms with van der Waals surface area (Å²) in [6.45, 7) is 0. The fourth-order valence-electron chi connectivity index (χ4n) is 5.59. The van der Waals surface area contributed by atoms with Crippen LogP contribution >= 0.6 is 0 Å². The maximum atomic E-state index is 12.9. The summed E-state index contributed by atoms with van der Waals surface area (Å²) in [6, 6.07) is 0. The van der Waals surface area contributed by atoms with Crippen LogP contribution in [-0.4, -0.2) is 12.9 Å². The first-order chi connectivity index (χ1) is 10.0. The highest BCUT2D eigenvalue weighted by Gasteiger charge is 2.54. The minimum atomic E-state index is -0.578. The van der Waals surface area contributed by atoms with Crippen molar-refractivity contribution in [3.05, 3.63) is 26.0 Å². The van der Waals surface area contributed by atoms with E-state index in [1.807, 2.05) is 0 Å². The first-order valence-electron chi connectivity index (χ1n) is 7.92. The van der Waals surface area contributed by atoms with E-state index in [9.17, 15) is 14.4 Å². The third-order valence-electron chi connectivity index (χ3n) is 6.13. The summed E-state index contributed by atoms with van der Waals surface area (Å²) in [6.07, 6.45) is 6.95. The van der Waals surface area contributed by atoms with Gasteiger partial charge in [-0.3, -0.25) is 14.4 Å². The van der Waals surface area contributed by atoms with Crippen molar-refractivity contribution in [3.63, 3.8) is 0 Å². The van der Waals surface area contributed by atoms with Crippen LogP contribution in [0.25, 0.3) is 0 Å². The third-order valence-corrected chi connectivity index (χ3v) is 6.13. The Morgan fingerprint density at radius 2 is 1.57 bits per heavy atom. The largest absolute Gasteiger partial charge is 0.492 e. The molecule has 0 atom stereocenters. The zero-order chi connectivity index (χ0) is 14.8. The number of hydrogen-bond donors (Lipinski definition) is 0. The first-order valence-corrected chi connectivity index (χ1v) is 7.92. The van der Waals surface area contributed by atoms with E-state index in [1.165, 1.54) is 26.4 Å². The summed E-state index contributed by atoms with van der Waals surface area (Å²) in [4.78, 5) is 35.9. The Morgan fingerprint density at radius 1 is 1.05 bits per heavy atom. The molecular weight excluding hydrogens is 268 g/mol. The van der Waals surface area contributed by atoms with Gasteiger partial charge in [0.05, 0.1) is 12.7 Å². The average Bonchev–Trinajstić information content (AvgIpc) is 2.45. The van der Waals surface area contributed by atoms with E-state index in [4.69, 9.17) is 4.74 Å². The van der Waals surface area contributed by atoms with Crippen LogP contribution in [0.5, 0.6) is 5.75 Å². The van der Waals surface area contributed by atoms with Gasteiger partial charge in [0.25, 0.3) is 5.43 Å². The highest BCUT2D eigenvalue weighted by atomic mass is 16.5. The lowest BCUT2D eigenvalue weighted by molar-refractivity contribution is -0.143. The molecule has 1 aromatic rings. The second-order valence-corrected chi connectivity index (χ2v) is 7.47. The van der Waals surface area contributed by atoms with E-state index in [-0.39, 0.29) is 23.4 Å². The van der Waals surface area contributed by atoms with Crippen LogP contribution in [0.1, 0.15) is 44.1 Å². The topological polar surface area (TPSA) is 60.4 Å². The summed E-state index contributed by atoms with van der Waals surface area (Å²) in [5.74, 6) is 2.39. The molecule has 4 aliphatic rings. The fraction of sp³-hybridized carbons (Fsp3) is 0.706. The zero-order valence-corrected chi connectivity index (χ0v) is 12.3. The van der Waals surface area contributed by atoms with Gasteiger partial charge in [-0.2, -0.15) is 0 Å². The lowest BCUT2D eigenvalue weighted by atomic mass is 9.48. The van der Waals surface area contributed by atoms with E-state index in [2.05, 4.69) is 0 Å². The molecule has 112 valence electrons. The van der Waals surface area contributed by atoms with Gasteiger partial charge in [0.15, 0.2) is 5.75 Å². The second-order valence-electron chi connectivity index (χ2n) is 7.47. The van der Waals surface area contributed by atoms with Crippen molar-refractivity contribution in [2.24, 2.45) is 23.2 Å². The normalized spacial score (nSPS) is 37.1. The molecule has 4 saturated carbocycles. The predicted molar refractivity (Wildman–Crippen MR) is 77.2 cm³/mol. The lowest BCUT2D eigenvalue weighted by Gasteiger charge is -2.56. The number of carbonyl (C=O) groups is 1. The average molecular weight is 288 g/mol. The number of methoxy groups -OCH3 is 1. The Balaban J connectivity index is 1.59. The minimum absolute atomic E-state index is 0.0971. The summed E-state index contributed by atoms with van der Waals surface area (Å²) >= 11 is 0. The molecule has 0 aromatic heterocycles. The number of ketones is 1. The number of Topliss-reactive ketones (excluding diaryl/α,β-unsaturated/α-hetero) is 1. The van der Waals surface area contributed by atoms with Gasteiger partial charge in [0.2, 0.25) is 5.43 Å².